The monoisotopic (exact) mass is 525 g/mol. The van der Waals surface area contributed by atoms with Crippen LogP contribution in [0.25, 0.3) is 16.9 Å². The Bertz CT molecular complexity index is 1340. The largest absolute Gasteiger partial charge is 0.465 e. The molecule has 10 heteroatoms. The summed E-state index contributed by atoms with van der Waals surface area (Å²) in [5, 5.41) is 18.4. The van der Waals surface area contributed by atoms with E-state index in [1.807, 2.05) is 36.2 Å². The minimum absolute atomic E-state index is 0.0352. The Hall–Kier alpha value is -3.51. The first-order valence-electron chi connectivity index (χ1n) is 11.5. The maximum absolute atomic E-state index is 13.2. The van der Waals surface area contributed by atoms with Crippen LogP contribution in [0.3, 0.4) is 0 Å². The van der Waals surface area contributed by atoms with Crippen molar-refractivity contribution < 1.29 is 14.7 Å². The van der Waals surface area contributed by atoms with E-state index in [4.69, 9.17) is 28.3 Å². The van der Waals surface area contributed by atoms with E-state index in [0.29, 0.717) is 27.0 Å². The second kappa shape index (κ2) is 11.5. The maximum atomic E-state index is 13.2. The first-order chi connectivity index (χ1) is 17.3. The lowest BCUT2D eigenvalue weighted by Crippen LogP contribution is -2.45. The van der Waals surface area contributed by atoms with Crippen LogP contribution in [0.2, 0.25) is 10.0 Å². The van der Waals surface area contributed by atoms with E-state index in [1.165, 1.54) is 0 Å². The lowest BCUT2D eigenvalue weighted by atomic mass is 10.0. The van der Waals surface area contributed by atoms with Crippen LogP contribution in [-0.4, -0.2) is 51.5 Å². The van der Waals surface area contributed by atoms with Crippen molar-refractivity contribution in [1.29, 1.82) is 0 Å². The average Bonchev–Trinajstić information content (AvgIpc) is 3.19. The van der Waals surface area contributed by atoms with Crippen molar-refractivity contribution in [1.82, 2.24) is 25.5 Å². The molecule has 36 heavy (non-hydrogen) atoms. The summed E-state index contributed by atoms with van der Waals surface area (Å²) in [6, 6.07) is 12.5. The fraction of sp³-hybridized carbons (Fsp3) is 0.269. The van der Waals surface area contributed by atoms with Gasteiger partial charge in [-0.25, -0.2) is 14.5 Å². The highest BCUT2D eigenvalue weighted by Crippen LogP contribution is 2.33. The Balaban J connectivity index is 1.71. The molecule has 0 unspecified atom stereocenters. The molecule has 0 atom stereocenters. The van der Waals surface area contributed by atoms with Gasteiger partial charge in [-0.1, -0.05) is 53.6 Å². The minimum atomic E-state index is -1.12. The Kier molecular flexibility index (Phi) is 8.16. The van der Waals surface area contributed by atoms with Gasteiger partial charge < -0.3 is 10.4 Å². The summed E-state index contributed by atoms with van der Waals surface area (Å²) in [7, 11) is 0. The van der Waals surface area contributed by atoms with Gasteiger partial charge in [0.05, 0.1) is 22.9 Å². The third-order valence-corrected chi connectivity index (χ3v) is 6.35. The maximum Gasteiger partial charge on any atom is 0.405 e. The smallest absolute Gasteiger partial charge is 0.405 e. The van der Waals surface area contributed by atoms with Crippen LogP contribution in [0.1, 0.15) is 40.9 Å². The quantitative estimate of drug-likeness (QED) is 0.411. The molecule has 1 aliphatic rings. The summed E-state index contributed by atoms with van der Waals surface area (Å²) in [6.07, 6.45) is 2.13. The summed E-state index contributed by atoms with van der Waals surface area (Å²) < 4.78 is 1.66. The van der Waals surface area contributed by atoms with Crippen LogP contribution in [-0.2, 0) is 0 Å². The third-order valence-electron chi connectivity index (χ3n) is 5.81. The molecule has 0 aliphatic carbocycles. The van der Waals surface area contributed by atoms with E-state index in [9.17, 15) is 9.59 Å². The Morgan fingerprint density at radius 2 is 1.81 bits per heavy atom. The predicted octanol–water partition coefficient (Wildman–Crippen LogP) is 4.90. The lowest BCUT2D eigenvalue weighted by Gasteiger charge is -2.26. The van der Waals surface area contributed by atoms with Crippen LogP contribution in [0.4, 0.5) is 4.79 Å². The number of hydrogen-bond donors (Lipinski definition) is 3. The summed E-state index contributed by atoms with van der Waals surface area (Å²) in [5.41, 5.74) is 6.86. The Labute approximate surface area is 219 Å². The molecule has 0 spiro atoms. The summed E-state index contributed by atoms with van der Waals surface area (Å²) in [4.78, 5) is 23.8. The number of carbonyl (C=O) groups is 2. The van der Waals surface area contributed by atoms with Crippen molar-refractivity contribution in [2.24, 2.45) is 0 Å². The first-order valence-corrected chi connectivity index (χ1v) is 12.3. The number of nitrogens with one attached hydrogen (secondary N) is 2. The molecular formula is C26H25Cl2N5O3. The first kappa shape index (κ1) is 25.6. The lowest BCUT2D eigenvalue weighted by molar-refractivity contribution is 0.0743. The fourth-order valence-electron chi connectivity index (χ4n) is 4.06. The normalized spacial score (nSPS) is 13.5. The molecule has 3 aromatic rings. The van der Waals surface area contributed by atoms with Gasteiger partial charge in [0.25, 0.3) is 5.91 Å². The van der Waals surface area contributed by atoms with E-state index in [-0.39, 0.29) is 12.5 Å². The van der Waals surface area contributed by atoms with E-state index >= 15 is 0 Å². The summed E-state index contributed by atoms with van der Waals surface area (Å²) in [5.74, 6) is 5.41. The average molecular weight is 526 g/mol. The standard InChI is InChI=1S/C26H25Cl2N5O3/c1-17-23(25(34)31-32-14-3-2-4-15-32)30-33(22-12-11-20(27)16-21(22)28)24(17)19-9-7-18(8-10-19)6-5-13-29-26(35)36/h7-12,16,29H,2-4,13-15H2,1H3,(H,31,34)(H,35,36). The highest BCUT2D eigenvalue weighted by atomic mass is 35.5. The Morgan fingerprint density at radius 3 is 2.47 bits per heavy atom. The molecule has 186 valence electrons. The van der Waals surface area contributed by atoms with Crippen molar-refractivity contribution in [3.05, 3.63) is 69.3 Å². The Morgan fingerprint density at radius 1 is 1.08 bits per heavy atom. The van der Waals surface area contributed by atoms with Gasteiger partial charge in [-0.05, 0) is 50.1 Å². The number of nitrogens with zero attached hydrogens (tertiary/aromatic N) is 3. The number of piperidine rings is 1. The number of carbonyl (C=O) groups excluding carboxylic acids is 1. The van der Waals surface area contributed by atoms with E-state index in [1.54, 1.807) is 22.9 Å². The van der Waals surface area contributed by atoms with Gasteiger partial charge in [0, 0.05) is 34.8 Å². The van der Waals surface area contributed by atoms with Crippen molar-refractivity contribution in [3.8, 4) is 28.8 Å². The van der Waals surface area contributed by atoms with Crippen LogP contribution < -0.4 is 10.7 Å². The molecule has 3 N–H and O–H groups in total. The molecule has 1 aromatic heterocycles. The zero-order valence-corrected chi connectivity index (χ0v) is 21.2. The molecule has 1 saturated heterocycles. The van der Waals surface area contributed by atoms with Crippen molar-refractivity contribution in [3.63, 3.8) is 0 Å². The van der Waals surface area contributed by atoms with E-state index in [0.717, 1.165) is 49.2 Å². The summed E-state index contributed by atoms with van der Waals surface area (Å²) >= 11 is 12.6. The number of benzene rings is 2. The van der Waals surface area contributed by atoms with Gasteiger partial charge in [-0.15, -0.1) is 0 Å². The number of rotatable bonds is 5. The van der Waals surface area contributed by atoms with Crippen molar-refractivity contribution >= 4 is 35.2 Å². The van der Waals surface area contributed by atoms with Gasteiger partial charge in [-0.3, -0.25) is 10.2 Å². The zero-order chi connectivity index (χ0) is 25.7. The fourth-order valence-corrected chi connectivity index (χ4v) is 4.55. The van der Waals surface area contributed by atoms with Gasteiger partial charge in [0.1, 0.15) is 0 Å². The second-order valence-electron chi connectivity index (χ2n) is 8.36. The van der Waals surface area contributed by atoms with Gasteiger partial charge in [0.2, 0.25) is 0 Å². The zero-order valence-electron chi connectivity index (χ0n) is 19.6. The number of aromatic nitrogens is 2. The number of halogens is 2. The molecule has 1 fully saturated rings. The number of amides is 2. The highest BCUT2D eigenvalue weighted by molar-refractivity contribution is 6.35. The third kappa shape index (κ3) is 6.00. The van der Waals surface area contributed by atoms with Crippen molar-refractivity contribution in [2.45, 2.75) is 26.2 Å². The van der Waals surface area contributed by atoms with E-state index in [2.05, 4.69) is 27.7 Å². The molecule has 0 radical (unpaired) electrons. The molecule has 2 amide bonds. The SMILES string of the molecule is Cc1c(C(=O)NN2CCCCC2)nn(-c2ccc(Cl)cc2Cl)c1-c1ccc(C#CCNC(=O)O)cc1. The van der Waals surface area contributed by atoms with Crippen LogP contribution >= 0.6 is 23.2 Å². The van der Waals surface area contributed by atoms with Crippen LogP contribution in [0, 0.1) is 18.8 Å². The minimum Gasteiger partial charge on any atom is -0.465 e. The molecule has 2 heterocycles. The molecule has 1 aliphatic heterocycles. The van der Waals surface area contributed by atoms with Gasteiger partial charge >= 0.3 is 6.09 Å². The van der Waals surface area contributed by atoms with Gasteiger partial charge in [0.15, 0.2) is 5.69 Å². The number of hydrazine groups is 1. The van der Waals surface area contributed by atoms with Crippen molar-refractivity contribution in [2.75, 3.05) is 19.6 Å². The molecule has 2 aromatic carbocycles. The molecule has 4 rings (SSSR count). The van der Waals surface area contributed by atoms with Crippen LogP contribution in [0.5, 0.6) is 0 Å². The summed E-state index contributed by atoms with van der Waals surface area (Å²) in [6.45, 7) is 3.52. The number of hydrogen-bond acceptors (Lipinski definition) is 4. The molecule has 0 bridgehead atoms. The van der Waals surface area contributed by atoms with E-state index < -0.39 is 6.09 Å². The topological polar surface area (TPSA) is 99.5 Å². The molecule has 8 nitrogen and oxygen atoms in total. The second-order valence-corrected chi connectivity index (χ2v) is 9.20. The predicted molar refractivity (Wildman–Crippen MR) is 140 cm³/mol. The van der Waals surface area contributed by atoms with Crippen LogP contribution in [0.15, 0.2) is 42.5 Å². The molecular weight excluding hydrogens is 501 g/mol. The molecule has 0 saturated carbocycles. The number of carboxylic acid groups (broad SMARTS) is 1. The van der Waals surface area contributed by atoms with Gasteiger partial charge in [-0.2, -0.15) is 5.10 Å². The highest BCUT2D eigenvalue weighted by Gasteiger charge is 2.24.